The molecule has 6 atom stereocenters. The van der Waals surface area contributed by atoms with Crippen molar-refractivity contribution in [1.82, 2.24) is 0 Å². The third kappa shape index (κ3) is 3.97. The molecule has 47 heavy (non-hydrogen) atoms. The number of fused-ring (bicyclic) bond motifs is 5. The van der Waals surface area contributed by atoms with Gasteiger partial charge in [0.05, 0.1) is 34.5 Å². The molecule has 8 rings (SSSR count). The number of carbonyl (C=O) groups is 5. The van der Waals surface area contributed by atoms with Gasteiger partial charge in [0.25, 0.3) is 0 Å². The molecule has 2 aliphatic heterocycles. The Labute approximate surface area is 271 Å². The highest BCUT2D eigenvalue weighted by molar-refractivity contribution is 6.25. The molecule has 8 heteroatoms. The van der Waals surface area contributed by atoms with Gasteiger partial charge in [-0.3, -0.25) is 28.9 Å². The van der Waals surface area contributed by atoms with E-state index in [0.717, 1.165) is 16.3 Å². The van der Waals surface area contributed by atoms with E-state index >= 15 is 0 Å². The van der Waals surface area contributed by atoms with Crippen molar-refractivity contribution in [3.8, 4) is 5.75 Å². The van der Waals surface area contributed by atoms with Crippen molar-refractivity contribution in [2.75, 3.05) is 9.80 Å². The number of imide groups is 2. The summed E-state index contributed by atoms with van der Waals surface area (Å²) in [6.07, 6.45) is 2.49. The SMILES string of the molecule is CC(=O)c1ccc(N2C(=O)C3CC=C4C(CC5C(=O)N(c6ccccc6)C(=O)C5(C)C4c4c(O)ccc5ccccc45)C3C2=O)cc1. The zero-order valence-corrected chi connectivity index (χ0v) is 25.9. The van der Waals surface area contributed by atoms with Crippen LogP contribution in [0, 0.1) is 29.1 Å². The largest absolute Gasteiger partial charge is 0.508 e. The Morgan fingerprint density at radius 1 is 0.766 bits per heavy atom. The number of phenolic OH excluding ortho intramolecular Hbond substituents is 1. The number of phenols is 1. The molecule has 8 nitrogen and oxygen atoms in total. The fraction of sp³-hybridized carbons (Fsp3) is 0.256. The molecule has 4 amide bonds. The minimum absolute atomic E-state index is 0.0109. The molecule has 4 aromatic rings. The zero-order valence-electron chi connectivity index (χ0n) is 25.9. The van der Waals surface area contributed by atoms with Gasteiger partial charge in [-0.2, -0.15) is 0 Å². The highest BCUT2D eigenvalue weighted by Gasteiger charge is 2.68. The van der Waals surface area contributed by atoms with Crippen LogP contribution in [0.2, 0.25) is 0 Å². The number of nitrogens with zero attached hydrogens (tertiary/aromatic N) is 2. The predicted octanol–water partition coefficient (Wildman–Crippen LogP) is 6.18. The average molecular weight is 625 g/mol. The number of aromatic hydroxyl groups is 1. The molecule has 0 bridgehead atoms. The van der Waals surface area contributed by atoms with E-state index < -0.39 is 35.0 Å². The molecule has 1 N–H and O–H groups in total. The lowest BCUT2D eigenvalue weighted by Gasteiger charge is -2.49. The number of benzene rings is 4. The molecular formula is C39H32N2O6. The molecule has 2 saturated heterocycles. The van der Waals surface area contributed by atoms with Crippen molar-refractivity contribution in [2.24, 2.45) is 29.1 Å². The number of Topliss-reactive ketones (excluding diaryl/α,β-unsaturated/α-hetero) is 1. The monoisotopic (exact) mass is 624 g/mol. The number of anilines is 2. The number of hydrogen-bond acceptors (Lipinski definition) is 6. The quantitative estimate of drug-likeness (QED) is 0.165. The second-order valence-corrected chi connectivity index (χ2v) is 13.3. The molecular weight excluding hydrogens is 592 g/mol. The second-order valence-electron chi connectivity index (χ2n) is 13.3. The Balaban J connectivity index is 1.30. The Kier molecular flexibility index (Phi) is 6.38. The molecule has 0 aromatic heterocycles. The number of carbonyl (C=O) groups excluding carboxylic acids is 5. The van der Waals surface area contributed by atoms with E-state index in [1.807, 2.05) is 49.4 Å². The normalized spacial score (nSPS) is 28.3. The van der Waals surface area contributed by atoms with Crippen LogP contribution in [-0.2, 0) is 19.2 Å². The summed E-state index contributed by atoms with van der Waals surface area (Å²) < 4.78 is 0. The first-order chi connectivity index (χ1) is 22.6. The topological polar surface area (TPSA) is 112 Å². The van der Waals surface area contributed by atoms with E-state index in [1.54, 1.807) is 54.6 Å². The van der Waals surface area contributed by atoms with Crippen molar-refractivity contribution < 1.29 is 29.1 Å². The minimum Gasteiger partial charge on any atom is -0.508 e. The summed E-state index contributed by atoms with van der Waals surface area (Å²) in [7, 11) is 0. The highest BCUT2D eigenvalue weighted by Crippen LogP contribution is 2.65. The van der Waals surface area contributed by atoms with Gasteiger partial charge in [-0.05, 0) is 85.8 Å². The Morgan fingerprint density at radius 2 is 1.45 bits per heavy atom. The second kappa shape index (κ2) is 10.3. The average Bonchev–Trinajstić information content (AvgIpc) is 3.45. The number of ketones is 1. The third-order valence-corrected chi connectivity index (χ3v) is 11.1. The maximum Gasteiger partial charge on any atom is 0.241 e. The lowest BCUT2D eigenvalue weighted by molar-refractivity contribution is -0.131. The van der Waals surface area contributed by atoms with Crippen LogP contribution in [-0.4, -0.2) is 34.5 Å². The molecule has 2 aliphatic carbocycles. The number of allylic oxidation sites excluding steroid dienone is 2. The standard InChI is InChI=1S/C39H32N2O6/c1-21(42)22-12-15-25(16-13-22)40-35(44)28-18-17-27-29(32(28)37(40)46)20-30-36(45)41(24-9-4-3-5-10-24)38(47)39(30,2)34(27)33-26-11-7-6-8-23(26)14-19-31(33)43/h3-17,19,28-30,32,34,43H,18,20H2,1-2H3. The van der Waals surface area contributed by atoms with E-state index in [-0.39, 0.29) is 48.0 Å². The molecule has 234 valence electrons. The van der Waals surface area contributed by atoms with Gasteiger partial charge in [-0.15, -0.1) is 0 Å². The summed E-state index contributed by atoms with van der Waals surface area (Å²) >= 11 is 0. The van der Waals surface area contributed by atoms with E-state index in [1.165, 1.54) is 16.7 Å². The summed E-state index contributed by atoms with van der Waals surface area (Å²) in [6.45, 7) is 3.28. The molecule has 1 saturated carbocycles. The van der Waals surface area contributed by atoms with Gasteiger partial charge >= 0.3 is 0 Å². The van der Waals surface area contributed by atoms with Gasteiger partial charge in [-0.25, -0.2) is 4.90 Å². The Bertz CT molecular complexity index is 2070. The maximum absolute atomic E-state index is 14.7. The first-order valence-corrected chi connectivity index (χ1v) is 16.0. The van der Waals surface area contributed by atoms with E-state index in [9.17, 15) is 29.1 Å². The van der Waals surface area contributed by atoms with E-state index in [0.29, 0.717) is 22.5 Å². The zero-order chi connectivity index (χ0) is 32.8. The van der Waals surface area contributed by atoms with Gasteiger partial charge in [0, 0.05) is 17.0 Å². The molecule has 2 heterocycles. The molecule has 4 aliphatic rings. The van der Waals surface area contributed by atoms with Gasteiger partial charge in [0.1, 0.15) is 5.75 Å². The van der Waals surface area contributed by atoms with Crippen molar-refractivity contribution >= 4 is 51.6 Å². The van der Waals surface area contributed by atoms with Gasteiger partial charge in [0.2, 0.25) is 23.6 Å². The van der Waals surface area contributed by atoms with Crippen molar-refractivity contribution in [3.05, 3.63) is 114 Å². The lowest BCUT2D eigenvalue weighted by Crippen LogP contribution is -2.49. The molecule has 4 aromatic carbocycles. The fourth-order valence-corrected chi connectivity index (χ4v) is 8.83. The van der Waals surface area contributed by atoms with Crippen LogP contribution < -0.4 is 9.80 Å². The van der Waals surface area contributed by atoms with Crippen molar-refractivity contribution in [2.45, 2.75) is 32.6 Å². The van der Waals surface area contributed by atoms with Gasteiger partial charge in [0.15, 0.2) is 5.78 Å². The van der Waals surface area contributed by atoms with Crippen LogP contribution in [0.4, 0.5) is 11.4 Å². The van der Waals surface area contributed by atoms with Crippen LogP contribution in [0.1, 0.15) is 48.5 Å². The smallest absolute Gasteiger partial charge is 0.241 e. The highest BCUT2D eigenvalue weighted by atomic mass is 16.3. The van der Waals surface area contributed by atoms with Crippen LogP contribution in [0.5, 0.6) is 5.75 Å². The Morgan fingerprint density at radius 3 is 2.17 bits per heavy atom. The van der Waals surface area contributed by atoms with Crippen molar-refractivity contribution in [1.29, 1.82) is 0 Å². The molecule has 3 fully saturated rings. The summed E-state index contributed by atoms with van der Waals surface area (Å²) in [4.78, 5) is 71.7. The molecule has 6 unspecified atom stereocenters. The number of hydrogen-bond donors (Lipinski definition) is 1. The summed E-state index contributed by atoms with van der Waals surface area (Å²) in [5.41, 5.74) is 1.44. The summed E-state index contributed by atoms with van der Waals surface area (Å²) in [6, 6.07) is 26.4. The van der Waals surface area contributed by atoms with Crippen LogP contribution in [0.3, 0.4) is 0 Å². The first kappa shape index (κ1) is 29.1. The van der Waals surface area contributed by atoms with E-state index in [4.69, 9.17) is 0 Å². The van der Waals surface area contributed by atoms with E-state index in [2.05, 4.69) is 0 Å². The Hall–Kier alpha value is -5.37. The molecule has 0 spiro atoms. The number of para-hydroxylation sites is 1. The fourth-order valence-electron chi connectivity index (χ4n) is 8.83. The van der Waals surface area contributed by atoms with Crippen molar-refractivity contribution in [3.63, 3.8) is 0 Å². The lowest BCUT2D eigenvalue weighted by atomic mass is 9.51. The van der Waals surface area contributed by atoms with Crippen LogP contribution >= 0.6 is 0 Å². The minimum atomic E-state index is -1.27. The summed E-state index contributed by atoms with van der Waals surface area (Å²) in [5.74, 6) is -4.89. The van der Waals surface area contributed by atoms with Gasteiger partial charge in [-0.1, -0.05) is 60.2 Å². The predicted molar refractivity (Wildman–Crippen MR) is 176 cm³/mol. The van der Waals surface area contributed by atoms with Crippen LogP contribution in [0.15, 0.2) is 103 Å². The first-order valence-electron chi connectivity index (χ1n) is 16.0. The van der Waals surface area contributed by atoms with Gasteiger partial charge < -0.3 is 5.11 Å². The number of rotatable bonds is 4. The maximum atomic E-state index is 14.7. The number of amides is 4. The summed E-state index contributed by atoms with van der Waals surface area (Å²) in [5, 5.41) is 13.2. The third-order valence-electron chi connectivity index (χ3n) is 11.1. The van der Waals surface area contributed by atoms with Crippen LogP contribution in [0.25, 0.3) is 10.8 Å². The molecule has 0 radical (unpaired) electrons.